The molecule has 1 aliphatic heterocycles. The van der Waals surface area contributed by atoms with Crippen molar-refractivity contribution in [2.45, 2.75) is 66.4 Å². The van der Waals surface area contributed by atoms with Gasteiger partial charge in [0.15, 0.2) is 0 Å². The average molecular weight is 370 g/mol. The molecule has 0 aromatic carbocycles. The number of nitrogens with zero attached hydrogens (tertiary/aromatic N) is 1. The molecule has 1 aliphatic rings. The van der Waals surface area contributed by atoms with Crippen LogP contribution in [0, 0.1) is 11.3 Å². The van der Waals surface area contributed by atoms with E-state index in [1.807, 2.05) is 13.8 Å². The Morgan fingerprint density at radius 2 is 1.88 bits per heavy atom. The molecule has 1 rings (SSSR count). The fourth-order valence-electron chi connectivity index (χ4n) is 2.42. The van der Waals surface area contributed by atoms with Crippen molar-refractivity contribution in [3.05, 3.63) is 0 Å². The van der Waals surface area contributed by atoms with Crippen LogP contribution in [-0.2, 0) is 24.6 Å². The van der Waals surface area contributed by atoms with Crippen molar-refractivity contribution in [3.8, 4) is 0 Å². The van der Waals surface area contributed by atoms with E-state index in [-0.39, 0.29) is 35.5 Å². The van der Waals surface area contributed by atoms with E-state index in [1.165, 1.54) is 0 Å². The average Bonchev–Trinajstić information content (AvgIpc) is 2.45. The Hall–Kier alpha value is -0.550. The molecule has 0 radical (unpaired) electrons. The first-order chi connectivity index (χ1) is 11.0. The maximum Gasteiger partial charge on any atom is 1.00 e. The molecular weight excluding hydrogens is 343 g/mol. The molecule has 0 aromatic heterocycles. The summed E-state index contributed by atoms with van der Waals surface area (Å²) in [6, 6.07) is -0.845. The van der Waals surface area contributed by atoms with Gasteiger partial charge in [0, 0.05) is 0 Å². The molecule has 25 heavy (non-hydrogen) atoms. The summed E-state index contributed by atoms with van der Waals surface area (Å²) in [4.78, 5) is 31.5. The number of aliphatic imine (C=N–C) groups is 1. The number of amidine groups is 1. The summed E-state index contributed by atoms with van der Waals surface area (Å²) in [5.74, 6) is -1.20. The molecule has 10 heteroatoms. The number of hydrogen-bond donors (Lipinski definition) is 2. The van der Waals surface area contributed by atoms with Crippen molar-refractivity contribution in [2.75, 3.05) is 0 Å². The standard InChI is InChI=1S/C11H18N2O3.C4H10O4.Na/c1-4-6-7(3)11(5-2)8(14)12-10(16)13-9(11)15;1-4(2,3)6-8-7-5;/h7H,4-6H2,1-3H3,(H2,12,13,14,15,16);5H,1-3H3;/q;;+1/p-1. The van der Waals surface area contributed by atoms with Crippen molar-refractivity contribution in [2.24, 2.45) is 16.3 Å². The SMILES string of the molecule is CC(C)(C)OOOO.CCCC(C)C1(CC)C(=O)N=C([O-])NC1=O.[Na+]. The van der Waals surface area contributed by atoms with E-state index in [9.17, 15) is 14.7 Å². The van der Waals surface area contributed by atoms with E-state index in [0.29, 0.717) is 6.42 Å². The van der Waals surface area contributed by atoms with Crippen LogP contribution in [0.4, 0.5) is 0 Å². The van der Waals surface area contributed by atoms with Gasteiger partial charge in [0.25, 0.3) is 5.91 Å². The molecule has 2 amide bonds. The van der Waals surface area contributed by atoms with Crippen LogP contribution in [0.2, 0.25) is 0 Å². The van der Waals surface area contributed by atoms with Crippen LogP contribution < -0.4 is 40.0 Å². The normalized spacial score (nSPS) is 21.3. The smallest absolute Gasteiger partial charge is 0.846 e. The molecule has 0 saturated heterocycles. The van der Waals surface area contributed by atoms with E-state index >= 15 is 0 Å². The number of carbonyl (C=O) groups is 2. The largest absolute Gasteiger partial charge is 1.00 e. The number of carbonyl (C=O) groups excluding carboxylic acids is 2. The van der Waals surface area contributed by atoms with Gasteiger partial charge >= 0.3 is 29.6 Å². The van der Waals surface area contributed by atoms with Gasteiger partial charge in [-0.2, -0.15) is 4.89 Å². The minimum absolute atomic E-state index is 0. The van der Waals surface area contributed by atoms with E-state index in [2.05, 4.69) is 25.3 Å². The van der Waals surface area contributed by atoms with Crippen LogP contribution in [0.5, 0.6) is 0 Å². The second kappa shape index (κ2) is 11.9. The molecular formula is C15H27N2NaO7. The molecule has 140 valence electrons. The predicted octanol–water partition coefficient (Wildman–Crippen LogP) is -1.67. The Bertz CT molecular complexity index is 465. The third-order valence-electron chi connectivity index (χ3n) is 3.65. The minimum Gasteiger partial charge on any atom is -0.846 e. The molecule has 2 atom stereocenters. The fraction of sp³-hybridized carbons (Fsp3) is 0.800. The predicted molar refractivity (Wildman–Crippen MR) is 83.0 cm³/mol. The maximum atomic E-state index is 11.9. The third kappa shape index (κ3) is 8.12. The Morgan fingerprint density at radius 3 is 2.20 bits per heavy atom. The maximum absolute atomic E-state index is 11.9. The first kappa shape index (κ1) is 26.7. The Balaban J connectivity index is 0. The third-order valence-corrected chi connectivity index (χ3v) is 3.65. The summed E-state index contributed by atoms with van der Waals surface area (Å²) < 4.78 is 0. The second-order valence-electron chi connectivity index (χ2n) is 6.53. The van der Waals surface area contributed by atoms with Crippen molar-refractivity contribution in [1.29, 1.82) is 0 Å². The molecule has 0 aliphatic carbocycles. The van der Waals surface area contributed by atoms with Gasteiger partial charge < -0.3 is 10.4 Å². The van der Waals surface area contributed by atoms with Gasteiger partial charge in [-0.1, -0.05) is 27.2 Å². The first-order valence-corrected chi connectivity index (χ1v) is 7.82. The molecule has 2 unspecified atom stereocenters. The molecule has 2 N–H and O–H groups in total. The molecule has 0 saturated carbocycles. The number of nitrogens with one attached hydrogen (secondary N) is 1. The van der Waals surface area contributed by atoms with E-state index in [1.54, 1.807) is 27.7 Å². The zero-order valence-electron chi connectivity index (χ0n) is 16.0. The van der Waals surface area contributed by atoms with Crippen LogP contribution in [0.1, 0.15) is 60.8 Å². The molecule has 0 aromatic rings. The first-order valence-electron chi connectivity index (χ1n) is 7.82. The van der Waals surface area contributed by atoms with Crippen molar-refractivity contribution in [1.82, 2.24) is 5.32 Å². The van der Waals surface area contributed by atoms with Gasteiger partial charge in [0.1, 0.15) is 5.41 Å². The number of rotatable bonds is 6. The van der Waals surface area contributed by atoms with Crippen LogP contribution >= 0.6 is 0 Å². The summed E-state index contributed by atoms with van der Waals surface area (Å²) in [5, 5.41) is 27.6. The van der Waals surface area contributed by atoms with Gasteiger partial charge in [-0.25, -0.2) is 10.2 Å². The quantitative estimate of drug-likeness (QED) is 0.248. The molecule has 0 fully saturated rings. The number of hydrogen-bond acceptors (Lipinski definition) is 7. The Morgan fingerprint density at radius 1 is 1.32 bits per heavy atom. The van der Waals surface area contributed by atoms with Crippen LogP contribution in [-0.4, -0.2) is 28.7 Å². The molecule has 9 nitrogen and oxygen atoms in total. The summed E-state index contributed by atoms with van der Waals surface area (Å²) in [7, 11) is 0. The fourth-order valence-corrected chi connectivity index (χ4v) is 2.42. The van der Waals surface area contributed by atoms with E-state index in [4.69, 9.17) is 5.26 Å². The van der Waals surface area contributed by atoms with Crippen molar-refractivity contribution < 1.29 is 64.5 Å². The Labute approximate surface area is 170 Å². The van der Waals surface area contributed by atoms with Gasteiger partial charge in [-0.15, -0.1) is 0 Å². The summed E-state index contributed by atoms with van der Waals surface area (Å²) >= 11 is 0. The topological polar surface area (TPSA) is 130 Å². The van der Waals surface area contributed by atoms with Crippen LogP contribution in [0.25, 0.3) is 0 Å². The van der Waals surface area contributed by atoms with Gasteiger partial charge in [0.05, 0.1) is 11.6 Å². The summed E-state index contributed by atoms with van der Waals surface area (Å²) in [6.07, 6.45) is 2.02. The van der Waals surface area contributed by atoms with Gasteiger partial charge in [-0.3, -0.25) is 9.59 Å². The minimum atomic E-state index is -1.15. The Kier molecular flexibility index (Phi) is 12.8. The molecule has 0 spiro atoms. The zero-order chi connectivity index (χ0) is 19.0. The summed E-state index contributed by atoms with van der Waals surface area (Å²) in [5.41, 5.74) is -1.60. The number of amides is 2. The van der Waals surface area contributed by atoms with E-state index < -0.39 is 28.9 Å². The monoisotopic (exact) mass is 370 g/mol. The van der Waals surface area contributed by atoms with Crippen LogP contribution in [0.3, 0.4) is 0 Å². The van der Waals surface area contributed by atoms with Gasteiger partial charge in [0.2, 0.25) is 5.91 Å². The molecule has 0 bridgehead atoms. The molecule has 1 heterocycles. The van der Waals surface area contributed by atoms with Crippen molar-refractivity contribution >= 4 is 17.8 Å². The van der Waals surface area contributed by atoms with E-state index in [0.717, 1.165) is 12.8 Å². The summed E-state index contributed by atoms with van der Waals surface area (Å²) in [6.45, 7) is 10.9. The van der Waals surface area contributed by atoms with Crippen LogP contribution in [0.15, 0.2) is 4.99 Å². The zero-order valence-corrected chi connectivity index (χ0v) is 18.0. The van der Waals surface area contributed by atoms with Crippen molar-refractivity contribution in [3.63, 3.8) is 0 Å². The van der Waals surface area contributed by atoms with Gasteiger partial charge in [-0.05, 0) is 49.6 Å². The second-order valence-corrected chi connectivity index (χ2v) is 6.53.